The Kier molecular flexibility index (Phi) is 16.5. The van der Waals surface area contributed by atoms with Crippen molar-refractivity contribution in [2.75, 3.05) is 19.0 Å². The molecule has 0 saturated heterocycles. The first-order valence-corrected chi connectivity index (χ1v) is 14.3. The molecule has 152 valence electrons. The van der Waals surface area contributed by atoms with Gasteiger partial charge in [0.15, 0.2) is 0 Å². The van der Waals surface area contributed by atoms with E-state index in [1.165, 1.54) is 49.9 Å². The molecule has 0 aliphatic heterocycles. The second-order valence-electron chi connectivity index (χ2n) is 7.02. The van der Waals surface area contributed by atoms with Gasteiger partial charge in [-0.05, 0) is 43.4 Å². The molecule has 0 aromatic rings. The van der Waals surface area contributed by atoms with Crippen molar-refractivity contribution in [1.82, 2.24) is 0 Å². The Morgan fingerprint density at radius 2 is 1.36 bits per heavy atom. The highest BCUT2D eigenvalue weighted by Crippen LogP contribution is 2.61. The van der Waals surface area contributed by atoms with Crippen molar-refractivity contribution in [2.24, 2.45) is 11.8 Å². The molecular weight excluding hydrogens is 371 g/mol. The zero-order chi connectivity index (χ0) is 19.1. The fourth-order valence-corrected chi connectivity index (χ4v) is 6.83. The van der Waals surface area contributed by atoms with Gasteiger partial charge in [-0.15, -0.1) is 0 Å². The first kappa shape index (κ1) is 25.9. The number of hydrogen-bond donors (Lipinski definition) is 1. The summed E-state index contributed by atoms with van der Waals surface area (Å²) < 4.78 is 12.4. The Morgan fingerprint density at radius 3 is 1.68 bits per heavy atom. The lowest BCUT2D eigenvalue weighted by molar-refractivity contribution is 0.188. The Labute approximate surface area is 165 Å². The lowest BCUT2D eigenvalue weighted by atomic mass is 10.0. The molecule has 3 unspecified atom stereocenters. The molecule has 0 aromatic carbocycles. The maximum atomic E-state index is 9.63. The van der Waals surface area contributed by atoms with E-state index in [4.69, 9.17) is 20.9 Å². The smallest absolute Gasteiger partial charge is 0.247 e. The van der Waals surface area contributed by atoms with Gasteiger partial charge in [0.1, 0.15) is 0 Å². The third-order valence-corrected chi connectivity index (χ3v) is 9.98. The lowest BCUT2D eigenvalue weighted by Crippen LogP contribution is -2.12. The molecule has 0 aliphatic carbocycles. The average Bonchev–Trinajstić information content (AvgIpc) is 2.60. The number of unbranched alkanes of at least 4 members (excludes halogenated alkanes) is 2. The van der Waals surface area contributed by atoms with Crippen LogP contribution in [0.1, 0.15) is 86.0 Å². The number of aliphatic hydroxyl groups excluding tert-OH is 1. The standard InChI is InChI=1S/C19H41O3PS2/c1-6-10-12-18(8-3)14-21-23(24,25-16-17(5)20)22-15-19(9-4)13-11-7-2/h17-20H,6-16H2,1-5H3. The van der Waals surface area contributed by atoms with Gasteiger partial charge < -0.3 is 14.2 Å². The van der Waals surface area contributed by atoms with Crippen LogP contribution in [0, 0.1) is 11.8 Å². The summed E-state index contributed by atoms with van der Waals surface area (Å²) in [6.07, 6.45) is 9.14. The summed E-state index contributed by atoms with van der Waals surface area (Å²) in [6, 6.07) is 0. The minimum absolute atomic E-state index is 0.386. The Bertz CT molecular complexity index is 330. The largest absolute Gasteiger partial charge is 0.393 e. The van der Waals surface area contributed by atoms with Gasteiger partial charge in [0.05, 0.1) is 19.3 Å². The van der Waals surface area contributed by atoms with E-state index in [1.54, 1.807) is 6.92 Å². The van der Waals surface area contributed by atoms with Crippen LogP contribution in [0.25, 0.3) is 0 Å². The summed E-state index contributed by atoms with van der Waals surface area (Å²) in [5.74, 6) is 1.69. The molecule has 1 N–H and O–H groups in total. The van der Waals surface area contributed by atoms with Crippen LogP contribution in [-0.2, 0) is 20.9 Å². The number of hydrogen-bond acceptors (Lipinski definition) is 5. The summed E-state index contributed by atoms with van der Waals surface area (Å²) in [7, 11) is 0. The van der Waals surface area contributed by atoms with E-state index in [0.29, 0.717) is 30.8 Å². The molecule has 25 heavy (non-hydrogen) atoms. The highest BCUT2D eigenvalue weighted by Gasteiger charge is 2.24. The predicted molar refractivity (Wildman–Crippen MR) is 117 cm³/mol. The highest BCUT2D eigenvalue weighted by atomic mass is 32.9. The fraction of sp³-hybridized carbons (Fsp3) is 1.00. The van der Waals surface area contributed by atoms with Crippen LogP contribution in [-0.4, -0.2) is 30.2 Å². The molecule has 0 heterocycles. The summed E-state index contributed by atoms with van der Waals surface area (Å²) >= 11 is 7.31. The van der Waals surface area contributed by atoms with E-state index in [9.17, 15) is 5.11 Å². The van der Waals surface area contributed by atoms with Crippen molar-refractivity contribution in [3.8, 4) is 0 Å². The Balaban J connectivity index is 4.66. The van der Waals surface area contributed by atoms with Crippen molar-refractivity contribution >= 4 is 28.9 Å². The first-order chi connectivity index (χ1) is 11.9. The van der Waals surface area contributed by atoms with E-state index >= 15 is 0 Å². The molecule has 0 radical (unpaired) electrons. The maximum Gasteiger partial charge on any atom is 0.247 e. The summed E-state index contributed by atoms with van der Waals surface area (Å²) in [4.78, 5) is 0. The monoisotopic (exact) mass is 412 g/mol. The van der Waals surface area contributed by atoms with E-state index in [2.05, 4.69) is 27.7 Å². The van der Waals surface area contributed by atoms with Crippen molar-refractivity contribution < 1.29 is 14.2 Å². The summed E-state index contributed by atoms with van der Waals surface area (Å²) in [5.41, 5.74) is -2.38. The van der Waals surface area contributed by atoms with E-state index in [-0.39, 0.29) is 6.10 Å². The zero-order valence-electron chi connectivity index (χ0n) is 17.0. The molecule has 0 spiro atoms. The van der Waals surface area contributed by atoms with Crippen molar-refractivity contribution in [3.05, 3.63) is 0 Å². The van der Waals surface area contributed by atoms with Gasteiger partial charge in [0.2, 0.25) is 5.69 Å². The van der Waals surface area contributed by atoms with Crippen LogP contribution in [0.2, 0.25) is 0 Å². The quantitative estimate of drug-likeness (QED) is 0.266. The van der Waals surface area contributed by atoms with Gasteiger partial charge in [-0.1, -0.05) is 77.6 Å². The Hall–Kier alpha value is 0.880. The molecule has 6 heteroatoms. The minimum atomic E-state index is -2.38. The highest BCUT2D eigenvalue weighted by molar-refractivity contribution is 8.67. The second-order valence-corrected chi connectivity index (χ2v) is 13.4. The third kappa shape index (κ3) is 13.7. The van der Waals surface area contributed by atoms with E-state index < -0.39 is 5.69 Å². The van der Waals surface area contributed by atoms with Gasteiger partial charge in [-0.25, -0.2) is 0 Å². The van der Waals surface area contributed by atoms with E-state index in [1.807, 2.05) is 0 Å². The van der Waals surface area contributed by atoms with Gasteiger partial charge in [-0.3, -0.25) is 0 Å². The molecule has 0 amide bonds. The molecule has 3 atom stereocenters. The van der Waals surface area contributed by atoms with Crippen LogP contribution in [0.4, 0.5) is 0 Å². The van der Waals surface area contributed by atoms with Crippen LogP contribution in [0.3, 0.4) is 0 Å². The molecule has 0 aliphatic rings. The third-order valence-electron chi connectivity index (χ3n) is 4.50. The molecule has 3 nitrogen and oxygen atoms in total. The number of aliphatic hydroxyl groups is 1. The van der Waals surface area contributed by atoms with Gasteiger partial charge in [0.25, 0.3) is 0 Å². The van der Waals surface area contributed by atoms with Gasteiger partial charge in [-0.2, -0.15) is 0 Å². The van der Waals surface area contributed by atoms with Crippen molar-refractivity contribution in [3.63, 3.8) is 0 Å². The Morgan fingerprint density at radius 1 is 0.920 bits per heavy atom. The van der Waals surface area contributed by atoms with Crippen molar-refractivity contribution in [2.45, 2.75) is 92.1 Å². The average molecular weight is 413 g/mol. The van der Waals surface area contributed by atoms with Gasteiger partial charge in [0, 0.05) is 5.75 Å². The summed E-state index contributed by atoms with van der Waals surface area (Å²) in [5, 5.41) is 9.63. The summed E-state index contributed by atoms with van der Waals surface area (Å²) in [6.45, 7) is 12.0. The molecule has 0 fully saturated rings. The molecular formula is C19H41O3PS2. The maximum absolute atomic E-state index is 9.63. The molecule has 0 rings (SSSR count). The topological polar surface area (TPSA) is 38.7 Å². The van der Waals surface area contributed by atoms with Crippen LogP contribution in [0.15, 0.2) is 0 Å². The van der Waals surface area contributed by atoms with Crippen LogP contribution >= 0.6 is 17.1 Å². The van der Waals surface area contributed by atoms with Gasteiger partial charge >= 0.3 is 0 Å². The molecule has 0 saturated carbocycles. The normalized spacial score (nSPS) is 17.8. The minimum Gasteiger partial charge on any atom is -0.393 e. The van der Waals surface area contributed by atoms with Crippen LogP contribution < -0.4 is 0 Å². The lowest BCUT2D eigenvalue weighted by Gasteiger charge is -2.26. The van der Waals surface area contributed by atoms with Crippen LogP contribution in [0.5, 0.6) is 0 Å². The molecule has 0 bridgehead atoms. The zero-order valence-corrected chi connectivity index (χ0v) is 19.6. The van der Waals surface area contributed by atoms with Crippen molar-refractivity contribution in [1.29, 1.82) is 0 Å². The van der Waals surface area contributed by atoms with E-state index in [0.717, 1.165) is 12.8 Å². The fourth-order valence-electron chi connectivity index (χ4n) is 2.50. The number of rotatable bonds is 17. The SMILES string of the molecule is CCCCC(CC)COP(=S)(OCC(CC)CCCC)SCC(C)O. The molecule has 0 aromatic heterocycles. The predicted octanol–water partition coefficient (Wildman–Crippen LogP) is 6.79. The first-order valence-electron chi connectivity index (χ1n) is 10.1. The second kappa shape index (κ2) is 15.9.